The highest BCUT2D eigenvalue weighted by Crippen LogP contribution is 2.38. The van der Waals surface area contributed by atoms with E-state index < -0.39 is 32.5 Å². The van der Waals surface area contributed by atoms with Crippen LogP contribution in [0.5, 0.6) is 0 Å². The van der Waals surface area contributed by atoms with E-state index in [1.807, 2.05) is 21.1 Å². The SMILES string of the molecule is CC/C=C\C/C=C\C/C=C\C/C=C\CCCCC(=O)O[C@H](COC(=O)CCCCC/C=C\C/C=C\C/C=C\C/C=C\CCCCC)COP(=O)([O-])OCC[N+](C)(C)C. The molecule has 330 valence electrons. The van der Waals surface area contributed by atoms with E-state index in [4.69, 9.17) is 18.5 Å². The largest absolute Gasteiger partial charge is 0.756 e. The lowest BCUT2D eigenvalue weighted by atomic mass is 10.1. The topological polar surface area (TPSA) is 111 Å². The summed E-state index contributed by atoms with van der Waals surface area (Å²) in [5, 5.41) is 0. The van der Waals surface area contributed by atoms with Crippen LogP contribution in [0.25, 0.3) is 0 Å². The number of rotatable bonds is 38. The van der Waals surface area contributed by atoms with Crippen molar-refractivity contribution in [2.24, 2.45) is 0 Å². The Morgan fingerprint density at radius 1 is 0.552 bits per heavy atom. The fourth-order valence-corrected chi connectivity index (χ4v) is 5.88. The molecule has 10 heteroatoms. The predicted molar refractivity (Wildman–Crippen MR) is 240 cm³/mol. The zero-order valence-electron chi connectivity index (χ0n) is 36.9. The van der Waals surface area contributed by atoms with E-state index in [-0.39, 0.29) is 26.1 Å². The Bertz CT molecular complexity index is 1300. The maximum absolute atomic E-state index is 12.7. The van der Waals surface area contributed by atoms with Crippen LogP contribution < -0.4 is 4.89 Å². The van der Waals surface area contributed by atoms with Gasteiger partial charge in [0.25, 0.3) is 7.82 Å². The van der Waals surface area contributed by atoms with Crippen LogP contribution in [0.4, 0.5) is 0 Å². The first-order valence-electron chi connectivity index (χ1n) is 21.9. The molecule has 0 radical (unpaired) electrons. The molecule has 0 aliphatic heterocycles. The van der Waals surface area contributed by atoms with Gasteiger partial charge < -0.3 is 27.9 Å². The quantitative estimate of drug-likeness (QED) is 0.0199. The number of esters is 2. The summed E-state index contributed by atoms with van der Waals surface area (Å²) in [5.41, 5.74) is 0. The Labute approximate surface area is 353 Å². The minimum absolute atomic E-state index is 0.0502. The zero-order valence-corrected chi connectivity index (χ0v) is 37.8. The van der Waals surface area contributed by atoms with Crippen LogP contribution in [0.2, 0.25) is 0 Å². The van der Waals surface area contributed by atoms with Gasteiger partial charge in [-0.2, -0.15) is 0 Å². The third-order valence-corrected chi connectivity index (χ3v) is 9.55. The van der Waals surface area contributed by atoms with Crippen LogP contribution in [0.3, 0.4) is 0 Å². The van der Waals surface area contributed by atoms with Crippen LogP contribution in [0.1, 0.15) is 142 Å². The lowest BCUT2D eigenvalue weighted by Crippen LogP contribution is -2.37. The van der Waals surface area contributed by atoms with Gasteiger partial charge in [-0.3, -0.25) is 14.2 Å². The van der Waals surface area contributed by atoms with Crippen molar-refractivity contribution >= 4 is 19.8 Å². The Hall–Kier alpha value is -3.07. The van der Waals surface area contributed by atoms with Gasteiger partial charge in [0.05, 0.1) is 27.7 Å². The van der Waals surface area contributed by atoms with Crippen LogP contribution in [-0.2, 0) is 32.7 Å². The number of phosphoric acid groups is 1. The number of allylic oxidation sites excluding steroid dienone is 16. The molecule has 2 atom stereocenters. The summed E-state index contributed by atoms with van der Waals surface area (Å²) in [6.07, 6.45) is 51.5. The van der Waals surface area contributed by atoms with Crippen molar-refractivity contribution in [3.05, 3.63) is 97.2 Å². The molecule has 0 saturated carbocycles. The number of quaternary nitrogens is 1. The van der Waals surface area contributed by atoms with Gasteiger partial charge in [0.2, 0.25) is 0 Å². The zero-order chi connectivity index (χ0) is 42.8. The van der Waals surface area contributed by atoms with Crippen LogP contribution in [-0.4, -0.2) is 70.0 Å². The Morgan fingerprint density at radius 2 is 0.983 bits per heavy atom. The van der Waals surface area contributed by atoms with Crippen molar-refractivity contribution in [2.75, 3.05) is 47.5 Å². The van der Waals surface area contributed by atoms with E-state index in [1.165, 1.54) is 25.7 Å². The number of nitrogens with zero attached hydrogens (tertiary/aromatic N) is 1. The number of unbranched alkanes of at least 4 members (excludes halogenated alkanes) is 8. The maximum Gasteiger partial charge on any atom is 0.306 e. The number of phosphoric ester groups is 1. The summed E-state index contributed by atoms with van der Waals surface area (Å²) in [6.45, 7) is 3.96. The third kappa shape index (κ3) is 42.5. The fraction of sp³-hybridized carbons (Fsp3) is 0.625. The van der Waals surface area contributed by atoms with Crippen molar-refractivity contribution < 1.29 is 42.1 Å². The molecule has 58 heavy (non-hydrogen) atoms. The molecule has 0 aromatic rings. The normalized spacial score (nSPS) is 14.5. The highest BCUT2D eigenvalue weighted by molar-refractivity contribution is 7.45. The molecule has 1 unspecified atom stereocenters. The van der Waals surface area contributed by atoms with E-state index in [1.54, 1.807) is 0 Å². The average Bonchev–Trinajstić information content (AvgIpc) is 3.17. The first-order valence-corrected chi connectivity index (χ1v) is 23.4. The average molecular weight is 830 g/mol. The monoisotopic (exact) mass is 830 g/mol. The molecule has 0 aliphatic rings. The summed E-state index contributed by atoms with van der Waals surface area (Å²) in [7, 11) is 1.10. The second-order valence-corrected chi connectivity index (χ2v) is 16.7. The van der Waals surface area contributed by atoms with E-state index >= 15 is 0 Å². The van der Waals surface area contributed by atoms with E-state index in [0.29, 0.717) is 23.9 Å². The summed E-state index contributed by atoms with van der Waals surface area (Å²) >= 11 is 0. The van der Waals surface area contributed by atoms with Crippen LogP contribution in [0, 0.1) is 0 Å². The molecule has 0 aromatic heterocycles. The highest BCUT2D eigenvalue weighted by Gasteiger charge is 2.21. The minimum Gasteiger partial charge on any atom is -0.756 e. The first-order chi connectivity index (χ1) is 28.0. The van der Waals surface area contributed by atoms with E-state index in [2.05, 4.69) is 111 Å². The number of likely N-dealkylation sites (N-methyl/N-ethyl adjacent to an activating group) is 1. The lowest BCUT2D eigenvalue weighted by molar-refractivity contribution is -0.870. The van der Waals surface area contributed by atoms with Gasteiger partial charge >= 0.3 is 11.9 Å². The second-order valence-electron chi connectivity index (χ2n) is 15.3. The van der Waals surface area contributed by atoms with Gasteiger partial charge in [-0.1, -0.05) is 130 Å². The number of hydrogen-bond donors (Lipinski definition) is 0. The van der Waals surface area contributed by atoms with Gasteiger partial charge in [-0.15, -0.1) is 0 Å². The molecule has 0 aliphatic carbocycles. The highest BCUT2D eigenvalue weighted by atomic mass is 31.2. The standard InChI is InChI=1S/C48H80NO8P/c1-6-8-10-12-14-16-18-20-22-23-24-25-27-28-30-32-34-36-38-40-47(50)54-44-46(45-56-58(52,53)55-43-42-49(3,4)5)57-48(51)41-39-37-35-33-31-29-26-21-19-17-15-13-11-9-7-2/h9,11,14-17,20-22,24-26,28,30-31,33,46H,6-8,10,12-13,18-19,23,27,29,32,34-45H2,1-5H3/b11-9-,16-14-,17-15-,22-20-,25-24-,26-21-,30-28-,33-31-/t46-/m1/s1. The van der Waals surface area contributed by atoms with Crippen molar-refractivity contribution in [3.63, 3.8) is 0 Å². The fourth-order valence-electron chi connectivity index (χ4n) is 5.16. The Kier molecular flexibility index (Phi) is 37.3. The molecule has 9 nitrogen and oxygen atoms in total. The molecule has 0 N–H and O–H groups in total. The summed E-state index contributed by atoms with van der Waals surface area (Å²) < 4.78 is 33.8. The van der Waals surface area contributed by atoms with E-state index in [0.717, 1.165) is 77.0 Å². The molecule has 0 spiro atoms. The summed E-state index contributed by atoms with van der Waals surface area (Å²) in [6, 6.07) is 0. The van der Waals surface area contributed by atoms with Gasteiger partial charge in [0, 0.05) is 12.8 Å². The van der Waals surface area contributed by atoms with Crippen LogP contribution >= 0.6 is 7.82 Å². The number of ether oxygens (including phenoxy) is 2. The molecule has 0 amide bonds. The summed E-state index contributed by atoms with van der Waals surface area (Å²) in [5.74, 6) is -0.931. The summed E-state index contributed by atoms with van der Waals surface area (Å²) in [4.78, 5) is 37.5. The van der Waals surface area contributed by atoms with Gasteiger partial charge in [-0.25, -0.2) is 0 Å². The molecular weight excluding hydrogens is 750 g/mol. The lowest BCUT2D eigenvalue weighted by Gasteiger charge is -2.28. The second kappa shape index (κ2) is 39.4. The third-order valence-electron chi connectivity index (χ3n) is 8.59. The first kappa shape index (κ1) is 54.9. The predicted octanol–water partition coefficient (Wildman–Crippen LogP) is 11.9. The minimum atomic E-state index is -4.65. The van der Waals surface area contributed by atoms with Gasteiger partial charge in [0.1, 0.15) is 19.8 Å². The maximum atomic E-state index is 12.7. The van der Waals surface area contributed by atoms with Crippen molar-refractivity contribution in [1.29, 1.82) is 0 Å². The van der Waals surface area contributed by atoms with Crippen molar-refractivity contribution in [1.82, 2.24) is 0 Å². The molecule has 0 rings (SSSR count). The Balaban J connectivity index is 4.51. The van der Waals surface area contributed by atoms with Gasteiger partial charge in [-0.05, 0) is 96.3 Å². The molecule has 0 bridgehead atoms. The van der Waals surface area contributed by atoms with Crippen LogP contribution in [0.15, 0.2) is 97.2 Å². The van der Waals surface area contributed by atoms with Gasteiger partial charge in [0.15, 0.2) is 6.10 Å². The molecular formula is C48H80NO8P. The number of carbonyl (C=O) groups excluding carboxylic acids is 2. The number of carbonyl (C=O) groups is 2. The molecule has 0 heterocycles. The van der Waals surface area contributed by atoms with Crippen molar-refractivity contribution in [3.8, 4) is 0 Å². The van der Waals surface area contributed by atoms with Crippen molar-refractivity contribution in [2.45, 2.75) is 148 Å². The molecule has 0 aromatic carbocycles. The molecule has 0 saturated heterocycles. The smallest absolute Gasteiger partial charge is 0.306 e. The molecule has 0 fully saturated rings. The number of hydrogen-bond acceptors (Lipinski definition) is 8. The Morgan fingerprint density at radius 3 is 1.47 bits per heavy atom. The van der Waals surface area contributed by atoms with E-state index in [9.17, 15) is 19.0 Å².